The molecule has 1 fully saturated rings. The van der Waals surface area contributed by atoms with E-state index in [1.807, 2.05) is 0 Å². The summed E-state index contributed by atoms with van der Waals surface area (Å²) in [5, 5.41) is 44.9. The number of nitro benzene ring substituents is 1. The molecule has 3 N–H and O–H groups in total. The van der Waals surface area contributed by atoms with Gasteiger partial charge in [0.1, 0.15) is 12.2 Å². The van der Waals surface area contributed by atoms with Gasteiger partial charge in [-0.15, -0.1) is 0 Å². The smallest absolute Gasteiger partial charge is 0.310 e. The summed E-state index contributed by atoms with van der Waals surface area (Å²) in [5.41, 5.74) is -0.346. The van der Waals surface area contributed by atoms with Crippen LogP contribution >= 0.6 is 0 Å². The second-order valence-electron chi connectivity index (χ2n) is 5.25. The van der Waals surface area contributed by atoms with Gasteiger partial charge in [0, 0.05) is 19.3 Å². The van der Waals surface area contributed by atoms with Gasteiger partial charge in [0.15, 0.2) is 11.9 Å². The number of carbonyl (C=O) groups is 1. The van der Waals surface area contributed by atoms with Crippen molar-refractivity contribution in [2.24, 2.45) is 0 Å². The molecule has 0 radical (unpaired) electrons. The van der Waals surface area contributed by atoms with E-state index < -0.39 is 48.1 Å². The van der Waals surface area contributed by atoms with Crippen LogP contribution in [0.5, 0.6) is 5.75 Å². The number of nitrogens with zero attached hydrogens (tertiary/aromatic N) is 1. The Bertz CT molecular complexity index is 610. The summed E-state index contributed by atoms with van der Waals surface area (Å²) in [4.78, 5) is 21.5. The third kappa shape index (κ3) is 3.79. The third-order valence-corrected chi connectivity index (χ3v) is 3.55. The van der Waals surface area contributed by atoms with Gasteiger partial charge in [0.2, 0.25) is 5.91 Å². The molecule has 0 spiro atoms. The fraction of sp³-hybridized carbons (Fsp3) is 0.500. The van der Waals surface area contributed by atoms with E-state index in [0.29, 0.717) is 0 Å². The molecule has 2 rings (SSSR count). The van der Waals surface area contributed by atoms with Crippen LogP contribution in [-0.4, -0.2) is 58.3 Å². The van der Waals surface area contributed by atoms with Gasteiger partial charge in [0.25, 0.3) is 0 Å². The third-order valence-electron chi connectivity index (χ3n) is 3.55. The zero-order valence-corrected chi connectivity index (χ0v) is 12.7. The standard InChI is InChI=1S/C14H17N2O8/c1-7(18)15-11-12(19)13(10(6-17)24-14(11)20)23-9-5-3-2-4-8(9)16(21)22/h2-5,10-14,17,19H,6H2,1H3,(H,15,18)/q-1/t10-,11-,12-,13+,14?/m1/s1. The maximum Gasteiger partial charge on any atom is 0.310 e. The molecule has 10 heteroatoms. The lowest BCUT2D eigenvalue weighted by atomic mass is 9.96. The molecule has 1 aromatic rings. The number of nitrogens with one attached hydrogen (secondary N) is 1. The first-order valence-corrected chi connectivity index (χ1v) is 7.12. The first-order valence-electron chi connectivity index (χ1n) is 7.12. The summed E-state index contributed by atoms with van der Waals surface area (Å²) >= 11 is 0. The summed E-state index contributed by atoms with van der Waals surface area (Å²) in [6.07, 6.45) is -5.82. The number of hydrogen-bond acceptors (Lipinski definition) is 8. The van der Waals surface area contributed by atoms with E-state index in [4.69, 9.17) is 9.47 Å². The van der Waals surface area contributed by atoms with Gasteiger partial charge in [-0.05, 0) is 6.07 Å². The van der Waals surface area contributed by atoms with Crippen molar-refractivity contribution in [1.82, 2.24) is 5.32 Å². The van der Waals surface area contributed by atoms with E-state index in [-0.39, 0.29) is 11.4 Å². The Balaban J connectivity index is 2.28. The van der Waals surface area contributed by atoms with Crippen molar-refractivity contribution >= 4 is 11.6 Å². The number of benzene rings is 1. The monoisotopic (exact) mass is 341 g/mol. The molecular weight excluding hydrogens is 324 g/mol. The minimum absolute atomic E-state index is 0.153. The quantitative estimate of drug-likeness (QED) is 0.422. The van der Waals surface area contributed by atoms with Gasteiger partial charge >= 0.3 is 5.69 Å². The predicted octanol–water partition coefficient (Wildman–Crippen LogP) is -1.71. The van der Waals surface area contributed by atoms with E-state index in [1.165, 1.54) is 24.3 Å². The van der Waals surface area contributed by atoms with Crippen LogP contribution in [0.2, 0.25) is 0 Å². The van der Waals surface area contributed by atoms with Crippen molar-refractivity contribution in [2.75, 3.05) is 6.61 Å². The highest BCUT2D eigenvalue weighted by Gasteiger charge is 2.43. The van der Waals surface area contributed by atoms with Crippen LogP contribution < -0.4 is 15.2 Å². The fourth-order valence-corrected chi connectivity index (χ4v) is 2.45. The van der Waals surface area contributed by atoms with E-state index in [2.05, 4.69) is 5.32 Å². The first-order chi connectivity index (χ1) is 11.3. The zero-order chi connectivity index (χ0) is 17.9. The van der Waals surface area contributed by atoms with Crippen LogP contribution in [0, 0.1) is 10.1 Å². The maximum atomic E-state index is 11.9. The second-order valence-corrected chi connectivity index (χ2v) is 5.25. The lowest BCUT2D eigenvalue weighted by Crippen LogP contribution is -2.68. The average molecular weight is 341 g/mol. The van der Waals surface area contributed by atoms with E-state index in [9.17, 15) is 30.2 Å². The largest absolute Gasteiger partial charge is 0.829 e. The van der Waals surface area contributed by atoms with Gasteiger partial charge in [-0.3, -0.25) is 14.9 Å². The SMILES string of the molecule is CC(=O)N[C@H]1C([O-])O[C@H](CO)[C@H](Oc2ccccc2[N+](=O)[O-])[C@@H]1O. The summed E-state index contributed by atoms with van der Waals surface area (Å²) in [6.45, 7) is 0.517. The van der Waals surface area contributed by atoms with E-state index in [0.717, 1.165) is 6.92 Å². The summed E-state index contributed by atoms with van der Waals surface area (Å²) in [6, 6.07) is 4.14. The molecule has 5 atom stereocenters. The number of carbonyl (C=O) groups excluding carboxylic acids is 1. The van der Waals surface area contributed by atoms with Gasteiger partial charge < -0.3 is 30.1 Å². The number of hydrogen-bond donors (Lipinski definition) is 3. The van der Waals surface area contributed by atoms with Crippen molar-refractivity contribution in [1.29, 1.82) is 0 Å². The van der Waals surface area contributed by atoms with Gasteiger partial charge in [-0.25, -0.2) is 0 Å². The highest BCUT2D eigenvalue weighted by atomic mass is 16.6. The molecule has 0 bridgehead atoms. The highest BCUT2D eigenvalue weighted by molar-refractivity contribution is 5.73. The van der Waals surface area contributed by atoms with Crippen LogP contribution in [0.3, 0.4) is 0 Å². The van der Waals surface area contributed by atoms with Crippen molar-refractivity contribution < 1.29 is 34.5 Å². The average Bonchev–Trinajstić information content (AvgIpc) is 2.53. The second kappa shape index (κ2) is 7.53. The lowest BCUT2D eigenvalue weighted by molar-refractivity contribution is -0.519. The Morgan fingerprint density at radius 3 is 2.71 bits per heavy atom. The Morgan fingerprint density at radius 2 is 2.12 bits per heavy atom. The molecule has 0 aliphatic carbocycles. The summed E-state index contributed by atoms with van der Waals surface area (Å²) < 4.78 is 10.5. The minimum Gasteiger partial charge on any atom is -0.829 e. The van der Waals surface area contributed by atoms with Crippen LogP contribution in [0.15, 0.2) is 24.3 Å². The molecule has 10 nitrogen and oxygen atoms in total. The predicted molar refractivity (Wildman–Crippen MR) is 76.9 cm³/mol. The Labute approximate surface area is 136 Å². The van der Waals surface area contributed by atoms with E-state index >= 15 is 0 Å². The zero-order valence-electron chi connectivity index (χ0n) is 12.7. The molecule has 132 valence electrons. The summed E-state index contributed by atoms with van der Waals surface area (Å²) in [7, 11) is 0. The van der Waals surface area contributed by atoms with Crippen molar-refractivity contribution in [3.63, 3.8) is 0 Å². The number of nitro groups is 1. The van der Waals surface area contributed by atoms with E-state index in [1.54, 1.807) is 0 Å². The molecule has 1 amide bonds. The first kappa shape index (κ1) is 18.1. The Morgan fingerprint density at radius 1 is 1.46 bits per heavy atom. The number of aliphatic hydroxyl groups is 2. The molecule has 1 aromatic carbocycles. The normalized spacial score (nSPS) is 29.8. The molecule has 1 aliphatic heterocycles. The van der Waals surface area contributed by atoms with Gasteiger partial charge in [-0.2, -0.15) is 0 Å². The van der Waals surface area contributed by atoms with Crippen LogP contribution in [0.25, 0.3) is 0 Å². The molecular formula is C14H17N2O8-. The molecule has 1 unspecified atom stereocenters. The van der Waals surface area contributed by atoms with Crippen molar-refractivity contribution in [3.8, 4) is 5.75 Å². The topological polar surface area (TPSA) is 154 Å². The van der Waals surface area contributed by atoms with Crippen molar-refractivity contribution in [3.05, 3.63) is 34.4 Å². The van der Waals surface area contributed by atoms with Crippen molar-refractivity contribution in [2.45, 2.75) is 37.6 Å². The molecule has 24 heavy (non-hydrogen) atoms. The van der Waals surface area contributed by atoms with Crippen LogP contribution in [0.1, 0.15) is 6.92 Å². The number of amides is 1. The minimum atomic E-state index is -1.81. The molecule has 0 aromatic heterocycles. The molecule has 1 heterocycles. The Kier molecular flexibility index (Phi) is 5.67. The lowest BCUT2D eigenvalue weighted by Gasteiger charge is -2.47. The number of ether oxygens (including phenoxy) is 2. The molecule has 0 saturated carbocycles. The molecule has 1 saturated heterocycles. The Hall–Kier alpha value is -2.27. The number of para-hydroxylation sites is 2. The fourth-order valence-electron chi connectivity index (χ4n) is 2.45. The van der Waals surface area contributed by atoms with Crippen LogP contribution in [-0.2, 0) is 9.53 Å². The van der Waals surface area contributed by atoms with Crippen LogP contribution in [0.4, 0.5) is 5.69 Å². The van der Waals surface area contributed by atoms with Gasteiger partial charge in [-0.1, -0.05) is 12.1 Å². The highest BCUT2D eigenvalue weighted by Crippen LogP contribution is 2.30. The number of aliphatic hydroxyl groups excluding tert-OH is 2. The summed E-state index contributed by atoms with van der Waals surface area (Å²) in [5.74, 6) is -0.713. The maximum absolute atomic E-state index is 11.9. The molecule has 1 aliphatic rings. The van der Waals surface area contributed by atoms with Gasteiger partial charge in [0.05, 0.1) is 17.6 Å². The number of rotatable bonds is 5.